The van der Waals surface area contributed by atoms with Gasteiger partial charge in [-0.25, -0.2) is 14.6 Å². The molecule has 0 aliphatic heterocycles. The Kier molecular flexibility index (Phi) is 4.59. The van der Waals surface area contributed by atoms with Crippen LogP contribution in [-0.2, 0) is 0 Å². The molecule has 2 atom stereocenters. The van der Waals surface area contributed by atoms with Crippen molar-refractivity contribution in [2.75, 3.05) is 0 Å². The van der Waals surface area contributed by atoms with Gasteiger partial charge in [0.25, 0.3) is 5.91 Å². The molecule has 3 aromatic rings. The topological polar surface area (TPSA) is 81.9 Å². The maximum atomic E-state index is 12.7. The molecule has 7 heteroatoms. The van der Waals surface area contributed by atoms with Gasteiger partial charge in [0.05, 0.1) is 6.04 Å². The zero-order chi connectivity index (χ0) is 17.8. The van der Waals surface area contributed by atoms with E-state index >= 15 is 0 Å². The van der Waals surface area contributed by atoms with Gasteiger partial charge in [0.1, 0.15) is 24.5 Å². The fraction of sp³-hybridized carbons (Fsp3) is 0.263. The number of ether oxygens (including phenoxy) is 1. The highest BCUT2D eigenvalue weighted by atomic mass is 16.5. The predicted octanol–water partition coefficient (Wildman–Crippen LogP) is 2.39. The summed E-state index contributed by atoms with van der Waals surface area (Å²) in [6, 6.07) is 13.1. The number of aromatic nitrogens is 4. The molecule has 2 heterocycles. The maximum absolute atomic E-state index is 12.7. The van der Waals surface area contributed by atoms with Gasteiger partial charge in [-0.15, -0.1) is 0 Å². The molecule has 0 saturated heterocycles. The molecular weight excluding hydrogens is 330 g/mol. The van der Waals surface area contributed by atoms with Gasteiger partial charge in [0, 0.05) is 11.8 Å². The number of benzene rings is 1. The van der Waals surface area contributed by atoms with E-state index in [0.29, 0.717) is 11.4 Å². The van der Waals surface area contributed by atoms with Crippen LogP contribution in [0.3, 0.4) is 0 Å². The average molecular weight is 349 g/mol. The van der Waals surface area contributed by atoms with Crippen molar-refractivity contribution in [3.8, 4) is 11.6 Å². The first kappa shape index (κ1) is 16.3. The Morgan fingerprint density at radius 3 is 2.88 bits per heavy atom. The number of hydrogen-bond acceptors (Lipinski definition) is 5. The van der Waals surface area contributed by atoms with Crippen LogP contribution in [0.4, 0.5) is 0 Å². The van der Waals surface area contributed by atoms with Crippen molar-refractivity contribution < 1.29 is 9.53 Å². The van der Waals surface area contributed by atoms with Gasteiger partial charge in [0.15, 0.2) is 5.82 Å². The third kappa shape index (κ3) is 3.56. The van der Waals surface area contributed by atoms with Crippen LogP contribution in [0.5, 0.6) is 5.75 Å². The van der Waals surface area contributed by atoms with Gasteiger partial charge in [-0.1, -0.05) is 18.2 Å². The number of rotatable bonds is 5. The van der Waals surface area contributed by atoms with Crippen LogP contribution in [0.1, 0.15) is 29.6 Å². The van der Waals surface area contributed by atoms with E-state index in [1.165, 1.54) is 11.0 Å². The molecule has 0 bridgehead atoms. The van der Waals surface area contributed by atoms with Crippen LogP contribution in [0, 0.1) is 0 Å². The maximum Gasteiger partial charge on any atom is 0.251 e. The largest absolute Gasteiger partial charge is 0.488 e. The number of carbonyl (C=O) groups is 1. The number of para-hydroxylation sites is 1. The summed E-state index contributed by atoms with van der Waals surface area (Å²) in [5.74, 6) is 1.25. The van der Waals surface area contributed by atoms with Crippen LogP contribution in [0.15, 0.2) is 61.3 Å². The van der Waals surface area contributed by atoms with E-state index in [4.69, 9.17) is 4.74 Å². The van der Waals surface area contributed by atoms with E-state index in [1.54, 1.807) is 24.7 Å². The van der Waals surface area contributed by atoms with E-state index < -0.39 is 0 Å². The monoisotopic (exact) mass is 349 g/mol. The first-order valence-electron chi connectivity index (χ1n) is 8.63. The van der Waals surface area contributed by atoms with E-state index in [2.05, 4.69) is 20.4 Å². The van der Waals surface area contributed by atoms with Crippen LogP contribution in [0.2, 0.25) is 0 Å². The van der Waals surface area contributed by atoms with Gasteiger partial charge in [0.2, 0.25) is 0 Å². The Balaban J connectivity index is 1.45. The standard InChI is InChI=1S/C19H19N5O2/c25-19(14-9-10-21-18(11-14)24-13-20-12-22-24)23-16-7-4-8-17(16)26-15-5-2-1-3-6-15/h1-3,5-6,9-13,16-17H,4,7-8H2,(H,23,25)/t16-,17+/m1/s1. The van der Waals surface area contributed by atoms with Crippen LogP contribution in [0.25, 0.3) is 5.82 Å². The number of pyridine rings is 1. The van der Waals surface area contributed by atoms with Crippen LogP contribution in [-0.4, -0.2) is 37.8 Å². The van der Waals surface area contributed by atoms with Gasteiger partial charge in [-0.2, -0.15) is 5.10 Å². The minimum absolute atomic E-state index is 0.00862. The molecule has 1 aliphatic carbocycles. The summed E-state index contributed by atoms with van der Waals surface area (Å²) >= 11 is 0. The second kappa shape index (κ2) is 7.35. The molecule has 1 saturated carbocycles. The van der Waals surface area contributed by atoms with Crippen LogP contribution < -0.4 is 10.1 Å². The Bertz CT molecular complexity index is 867. The van der Waals surface area contributed by atoms with Crippen molar-refractivity contribution in [3.05, 3.63) is 66.9 Å². The molecular formula is C19H19N5O2. The highest BCUT2D eigenvalue weighted by Gasteiger charge is 2.30. The highest BCUT2D eigenvalue weighted by molar-refractivity contribution is 5.94. The molecule has 132 valence electrons. The molecule has 0 radical (unpaired) electrons. The lowest BCUT2D eigenvalue weighted by molar-refractivity contribution is 0.0894. The van der Waals surface area contributed by atoms with Gasteiger partial charge >= 0.3 is 0 Å². The van der Waals surface area contributed by atoms with Crippen molar-refractivity contribution in [3.63, 3.8) is 0 Å². The van der Waals surface area contributed by atoms with Crippen molar-refractivity contribution in [1.29, 1.82) is 0 Å². The molecule has 1 fully saturated rings. The fourth-order valence-corrected chi connectivity index (χ4v) is 3.17. The van der Waals surface area contributed by atoms with Gasteiger partial charge in [-0.05, 0) is 43.5 Å². The minimum Gasteiger partial charge on any atom is -0.488 e. The third-order valence-corrected chi connectivity index (χ3v) is 4.46. The summed E-state index contributed by atoms with van der Waals surface area (Å²) in [6.45, 7) is 0. The second-order valence-corrected chi connectivity index (χ2v) is 6.22. The lowest BCUT2D eigenvalue weighted by atomic mass is 10.1. The fourth-order valence-electron chi connectivity index (χ4n) is 3.17. The molecule has 1 amide bonds. The molecule has 1 N–H and O–H groups in total. The smallest absolute Gasteiger partial charge is 0.251 e. The lowest BCUT2D eigenvalue weighted by Crippen LogP contribution is -2.42. The molecule has 2 aromatic heterocycles. The average Bonchev–Trinajstić information content (AvgIpc) is 3.35. The summed E-state index contributed by atoms with van der Waals surface area (Å²) in [4.78, 5) is 20.8. The number of carbonyl (C=O) groups excluding carboxylic acids is 1. The molecule has 1 aromatic carbocycles. The normalized spacial score (nSPS) is 19.2. The SMILES string of the molecule is O=C(N[C@@H]1CCC[C@@H]1Oc1ccccc1)c1ccnc(-n2cncn2)c1. The Labute approximate surface area is 151 Å². The summed E-state index contributed by atoms with van der Waals surface area (Å²) in [6.07, 6.45) is 7.42. The first-order chi connectivity index (χ1) is 12.8. The Morgan fingerprint density at radius 1 is 1.19 bits per heavy atom. The molecule has 4 rings (SSSR count). The number of hydrogen-bond donors (Lipinski definition) is 1. The molecule has 26 heavy (non-hydrogen) atoms. The summed E-state index contributed by atoms with van der Waals surface area (Å²) in [5.41, 5.74) is 0.538. The minimum atomic E-state index is -0.137. The van der Waals surface area contributed by atoms with Crippen LogP contribution >= 0.6 is 0 Å². The van der Waals surface area contributed by atoms with E-state index in [9.17, 15) is 4.79 Å². The van der Waals surface area contributed by atoms with Gasteiger partial charge in [-0.3, -0.25) is 4.79 Å². The van der Waals surface area contributed by atoms with E-state index in [1.807, 2.05) is 30.3 Å². The van der Waals surface area contributed by atoms with E-state index in [-0.39, 0.29) is 18.1 Å². The van der Waals surface area contributed by atoms with Crippen molar-refractivity contribution >= 4 is 5.91 Å². The molecule has 7 nitrogen and oxygen atoms in total. The summed E-state index contributed by atoms with van der Waals surface area (Å²) in [5, 5.41) is 7.14. The Hall–Kier alpha value is -3.22. The summed E-state index contributed by atoms with van der Waals surface area (Å²) in [7, 11) is 0. The zero-order valence-electron chi connectivity index (χ0n) is 14.2. The number of nitrogens with one attached hydrogen (secondary N) is 1. The van der Waals surface area contributed by atoms with Crippen molar-refractivity contribution in [1.82, 2.24) is 25.1 Å². The lowest BCUT2D eigenvalue weighted by Gasteiger charge is -2.22. The molecule has 0 unspecified atom stereocenters. The van der Waals surface area contributed by atoms with Crippen molar-refractivity contribution in [2.24, 2.45) is 0 Å². The van der Waals surface area contributed by atoms with Crippen molar-refractivity contribution in [2.45, 2.75) is 31.4 Å². The highest BCUT2D eigenvalue weighted by Crippen LogP contribution is 2.25. The predicted molar refractivity (Wildman–Crippen MR) is 95.1 cm³/mol. The Morgan fingerprint density at radius 2 is 2.08 bits per heavy atom. The number of nitrogens with zero attached hydrogens (tertiary/aromatic N) is 4. The molecule has 1 aliphatic rings. The quantitative estimate of drug-likeness (QED) is 0.765. The number of amides is 1. The summed E-state index contributed by atoms with van der Waals surface area (Å²) < 4.78 is 7.58. The van der Waals surface area contributed by atoms with Gasteiger partial charge < -0.3 is 10.1 Å². The first-order valence-corrected chi connectivity index (χ1v) is 8.63. The second-order valence-electron chi connectivity index (χ2n) is 6.22. The third-order valence-electron chi connectivity index (χ3n) is 4.46. The molecule has 0 spiro atoms. The zero-order valence-corrected chi connectivity index (χ0v) is 14.2. The van der Waals surface area contributed by atoms with E-state index in [0.717, 1.165) is 25.0 Å².